The number of H-pyrrole nitrogens is 1. The molecule has 5 rings (SSSR count). The van der Waals surface area contributed by atoms with Gasteiger partial charge in [0.05, 0.1) is 11.9 Å². The maximum Gasteiger partial charge on any atom is 0.270 e. The summed E-state index contributed by atoms with van der Waals surface area (Å²) in [7, 11) is 0. The van der Waals surface area contributed by atoms with E-state index in [1.807, 2.05) is 0 Å². The molecular formula is C22H23Cl2N9O3. The van der Waals surface area contributed by atoms with E-state index in [1.165, 1.54) is 15.7 Å². The van der Waals surface area contributed by atoms with E-state index in [9.17, 15) is 14.4 Å². The zero-order valence-corrected chi connectivity index (χ0v) is 21.0. The van der Waals surface area contributed by atoms with E-state index in [2.05, 4.69) is 30.9 Å². The first-order chi connectivity index (χ1) is 17.2. The molecule has 2 N–H and O–H groups in total. The zero-order valence-electron chi connectivity index (χ0n) is 19.5. The fourth-order valence-electron chi connectivity index (χ4n) is 4.71. The average molecular weight is 532 g/mol. The van der Waals surface area contributed by atoms with Crippen molar-refractivity contribution in [3.05, 3.63) is 46.0 Å². The van der Waals surface area contributed by atoms with Crippen molar-refractivity contribution in [2.24, 2.45) is 0 Å². The van der Waals surface area contributed by atoms with Crippen LogP contribution >= 0.6 is 23.2 Å². The molecule has 3 amide bonds. The Morgan fingerprint density at radius 1 is 1.22 bits per heavy atom. The number of piperidine rings is 1. The Bertz CT molecular complexity index is 1310. The monoisotopic (exact) mass is 531 g/mol. The number of hydrogen-bond acceptors (Lipinski definition) is 7. The number of rotatable bonds is 5. The summed E-state index contributed by atoms with van der Waals surface area (Å²) in [6.45, 7) is 4.34. The molecule has 0 saturated carbocycles. The van der Waals surface area contributed by atoms with E-state index in [1.54, 1.807) is 36.9 Å². The van der Waals surface area contributed by atoms with Crippen LogP contribution in [0.2, 0.25) is 10.0 Å². The van der Waals surface area contributed by atoms with E-state index in [-0.39, 0.29) is 29.4 Å². The van der Waals surface area contributed by atoms with Gasteiger partial charge in [0.15, 0.2) is 5.82 Å². The van der Waals surface area contributed by atoms with Gasteiger partial charge in [-0.2, -0.15) is 5.21 Å². The SMILES string of the molecule is C[C@H](NC(=O)c1cnc2n1[C@@H](C)C(=O)N2c1cc(Cl)cc(Cl)c1)C(=O)N1CCC[C@@H](c2nn[nH]n2)C1. The maximum atomic E-state index is 13.2. The molecule has 1 fully saturated rings. The quantitative estimate of drug-likeness (QED) is 0.514. The minimum Gasteiger partial charge on any atom is -0.340 e. The molecule has 36 heavy (non-hydrogen) atoms. The molecule has 0 spiro atoms. The van der Waals surface area contributed by atoms with Crippen molar-refractivity contribution in [2.45, 2.75) is 44.7 Å². The number of likely N-dealkylation sites (tertiary alicyclic amines) is 1. The Morgan fingerprint density at radius 3 is 2.67 bits per heavy atom. The molecule has 1 aromatic carbocycles. The number of amides is 3. The Balaban J connectivity index is 1.32. The number of fused-ring (bicyclic) bond motifs is 1. The molecule has 1 saturated heterocycles. The number of halogens is 2. The van der Waals surface area contributed by atoms with Gasteiger partial charge >= 0.3 is 0 Å². The Labute approximate surface area is 215 Å². The fraction of sp³-hybridized carbons (Fsp3) is 0.409. The lowest BCUT2D eigenvalue weighted by Crippen LogP contribution is -2.50. The maximum absolute atomic E-state index is 13.2. The van der Waals surface area contributed by atoms with Crippen molar-refractivity contribution >= 4 is 52.6 Å². The van der Waals surface area contributed by atoms with Gasteiger partial charge in [-0.15, -0.1) is 10.2 Å². The van der Waals surface area contributed by atoms with Crippen molar-refractivity contribution in [3.8, 4) is 0 Å². The number of tetrazole rings is 1. The highest BCUT2D eigenvalue weighted by molar-refractivity contribution is 6.35. The zero-order chi connectivity index (χ0) is 25.6. The van der Waals surface area contributed by atoms with Gasteiger partial charge in [0.25, 0.3) is 11.8 Å². The molecule has 2 aromatic heterocycles. The van der Waals surface area contributed by atoms with Gasteiger partial charge in [-0.05, 0) is 44.9 Å². The second-order valence-corrected chi connectivity index (χ2v) is 9.75. The molecule has 188 valence electrons. The summed E-state index contributed by atoms with van der Waals surface area (Å²) in [5.41, 5.74) is 0.620. The highest BCUT2D eigenvalue weighted by atomic mass is 35.5. The summed E-state index contributed by atoms with van der Waals surface area (Å²) in [5, 5.41) is 17.6. The minimum atomic E-state index is -0.789. The minimum absolute atomic E-state index is 0.0136. The van der Waals surface area contributed by atoms with Crippen LogP contribution in [0.25, 0.3) is 0 Å². The number of carbonyl (C=O) groups is 3. The number of anilines is 2. The van der Waals surface area contributed by atoms with E-state index < -0.39 is 18.0 Å². The number of nitrogens with zero attached hydrogens (tertiary/aromatic N) is 7. The largest absolute Gasteiger partial charge is 0.340 e. The molecular weight excluding hydrogens is 509 g/mol. The van der Waals surface area contributed by atoms with E-state index >= 15 is 0 Å². The van der Waals surface area contributed by atoms with Crippen LogP contribution in [0.3, 0.4) is 0 Å². The molecule has 0 bridgehead atoms. The lowest BCUT2D eigenvalue weighted by atomic mass is 9.97. The summed E-state index contributed by atoms with van der Waals surface area (Å²) in [6.07, 6.45) is 3.04. The molecule has 3 atom stereocenters. The smallest absolute Gasteiger partial charge is 0.270 e. The van der Waals surface area contributed by atoms with Crippen LogP contribution < -0.4 is 10.2 Å². The van der Waals surface area contributed by atoms with Gasteiger partial charge in [0, 0.05) is 29.1 Å². The van der Waals surface area contributed by atoms with E-state index in [4.69, 9.17) is 23.2 Å². The van der Waals surface area contributed by atoms with Gasteiger partial charge in [-0.1, -0.05) is 28.4 Å². The number of imidazole rings is 1. The van der Waals surface area contributed by atoms with Gasteiger partial charge in [0.2, 0.25) is 11.9 Å². The van der Waals surface area contributed by atoms with Crippen molar-refractivity contribution in [1.82, 2.24) is 40.4 Å². The van der Waals surface area contributed by atoms with Crippen LogP contribution in [0, 0.1) is 0 Å². The van der Waals surface area contributed by atoms with Crippen molar-refractivity contribution in [1.29, 1.82) is 0 Å². The average Bonchev–Trinajstić information content (AvgIpc) is 3.57. The van der Waals surface area contributed by atoms with Gasteiger partial charge in [-0.3, -0.25) is 19.0 Å². The van der Waals surface area contributed by atoms with Crippen molar-refractivity contribution in [3.63, 3.8) is 0 Å². The number of benzene rings is 1. The van der Waals surface area contributed by atoms with Crippen LogP contribution in [0.1, 0.15) is 55.0 Å². The molecule has 14 heteroatoms. The topological polar surface area (TPSA) is 142 Å². The van der Waals surface area contributed by atoms with Crippen LogP contribution in [0.4, 0.5) is 11.6 Å². The van der Waals surface area contributed by atoms with Crippen molar-refractivity contribution in [2.75, 3.05) is 18.0 Å². The Hall–Kier alpha value is -3.51. The van der Waals surface area contributed by atoms with Crippen molar-refractivity contribution < 1.29 is 14.4 Å². The Morgan fingerprint density at radius 2 is 1.97 bits per heavy atom. The first-order valence-electron chi connectivity index (χ1n) is 11.4. The summed E-state index contributed by atoms with van der Waals surface area (Å²) >= 11 is 12.2. The predicted molar refractivity (Wildman–Crippen MR) is 130 cm³/mol. The first-order valence-corrected chi connectivity index (χ1v) is 12.2. The summed E-state index contributed by atoms with van der Waals surface area (Å²) in [5.74, 6) is -0.170. The standard InChI is InChI=1S/C22H23Cl2N9O3/c1-11(20(35)31-5-3-4-13(10-31)18-27-29-30-28-18)26-19(34)17-9-25-22-32(17)12(2)21(36)33(22)16-7-14(23)6-15(24)8-16/h6-9,11-13H,3-5,10H2,1-2H3,(H,26,34)(H,27,28,29,30)/t11-,12-,13+/m0/s1. The second-order valence-electron chi connectivity index (χ2n) is 8.88. The molecule has 3 aromatic rings. The third kappa shape index (κ3) is 4.30. The number of aromatic nitrogens is 6. The highest BCUT2D eigenvalue weighted by Crippen LogP contribution is 2.38. The van der Waals surface area contributed by atoms with Crippen LogP contribution in [0.15, 0.2) is 24.4 Å². The van der Waals surface area contributed by atoms with Crippen LogP contribution in [-0.2, 0) is 9.59 Å². The highest BCUT2D eigenvalue weighted by Gasteiger charge is 2.40. The van der Waals surface area contributed by atoms with E-state index in [0.29, 0.717) is 34.6 Å². The molecule has 0 radical (unpaired) electrons. The summed E-state index contributed by atoms with van der Waals surface area (Å²) in [6, 6.07) is 3.28. The van der Waals surface area contributed by atoms with Gasteiger partial charge in [0.1, 0.15) is 17.8 Å². The molecule has 4 heterocycles. The van der Waals surface area contributed by atoms with E-state index in [0.717, 1.165) is 12.8 Å². The molecule has 0 unspecified atom stereocenters. The summed E-state index contributed by atoms with van der Waals surface area (Å²) < 4.78 is 1.54. The number of carbonyl (C=O) groups excluding carboxylic acids is 3. The molecule has 12 nitrogen and oxygen atoms in total. The van der Waals surface area contributed by atoms with Crippen LogP contribution in [-0.4, -0.2) is 71.9 Å². The number of nitrogens with one attached hydrogen (secondary N) is 2. The first kappa shape index (κ1) is 24.2. The third-order valence-electron chi connectivity index (χ3n) is 6.46. The third-order valence-corrected chi connectivity index (χ3v) is 6.89. The van der Waals surface area contributed by atoms with Gasteiger partial charge < -0.3 is 10.2 Å². The normalized spacial score (nSPS) is 20.4. The van der Waals surface area contributed by atoms with Gasteiger partial charge in [-0.25, -0.2) is 9.88 Å². The fourth-order valence-corrected chi connectivity index (χ4v) is 5.22. The Kier molecular flexibility index (Phi) is 6.39. The molecule has 2 aliphatic heterocycles. The molecule has 0 aliphatic carbocycles. The molecule has 2 aliphatic rings. The lowest BCUT2D eigenvalue weighted by molar-refractivity contribution is -0.134. The number of hydrogen-bond donors (Lipinski definition) is 2. The summed E-state index contributed by atoms with van der Waals surface area (Å²) in [4.78, 5) is 46.7. The number of aromatic amines is 1. The predicted octanol–water partition coefficient (Wildman–Crippen LogP) is 2.47. The second kappa shape index (κ2) is 9.51. The lowest BCUT2D eigenvalue weighted by Gasteiger charge is -2.33. The van der Waals surface area contributed by atoms with Crippen LogP contribution in [0.5, 0.6) is 0 Å².